The molecule has 1 aromatic carbocycles. The lowest BCUT2D eigenvalue weighted by Gasteiger charge is -2.65. The molecule has 5 nitrogen and oxygen atoms in total. The highest BCUT2D eigenvalue weighted by Crippen LogP contribution is 2.70. The molecule has 0 radical (unpaired) electrons. The Kier molecular flexibility index (Phi) is 12.6. The number of hydrogen-bond acceptors (Lipinski definition) is 5. The van der Waals surface area contributed by atoms with E-state index in [1.807, 2.05) is 19.9 Å². The van der Waals surface area contributed by atoms with Crippen molar-refractivity contribution < 1.29 is 19.1 Å². The van der Waals surface area contributed by atoms with Crippen LogP contribution < -0.4 is 0 Å². The highest BCUT2D eigenvalue weighted by Gasteiger charge is 2.64. The number of ether oxygens (including phenoxy) is 2. The number of halogens is 2. The van der Waals surface area contributed by atoms with Gasteiger partial charge in [0, 0.05) is 35.9 Å². The molecule has 0 aliphatic heterocycles. The van der Waals surface area contributed by atoms with Gasteiger partial charge in [0.1, 0.15) is 12.0 Å². The molecule has 8 unspecified atom stereocenters. The van der Waals surface area contributed by atoms with E-state index < -0.39 is 10.8 Å². The second-order valence-electron chi connectivity index (χ2n) is 18.5. The van der Waals surface area contributed by atoms with Gasteiger partial charge in [-0.05, 0) is 141 Å². The summed E-state index contributed by atoms with van der Waals surface area (Å²) < 4.78 is 13.2. The summed E-state index contributed by atoms with van der Waals surface area (Å²) in [5.41, 5.74) is 2.31. The van der Waals surface area contributed by atoms with Gasteiger partial charge in [0.15, 0.2) is 5.78 Å². The van der Waals surface area contributed by atoms with Crippen LogP contribution in [0, 0.1) is 51.2 Å². The minimum Gasteiger partial charge on any atom is -0.495 e. The number of aldehydes is 1. The molecule has 0 heterocycles. The summed E-state index contributed by atoms with van der Waals surface area (Å²) in [6.45, 7) is 24.5. The highest BCUT2D eigenvalue weighted by molar-refractivity contribution is 6.35. The van der Waals surface area contributed by atoms with Crippen molar-refractivity contribution in [2.75, 3.05) is 7.05 Å². The first-order valence-electron chi connectivity index (χ1n) is 20.3. The van der Waals surface area contributed by atoms with Crippen LogP contribution in [0.25, 0.3) is 5.76 Å². The van der Waals surface area contributed by atoms with Crippen molar-refractivity contribution in [2.45, 2.75) is 139 Å². The fraction of sp³-hybridized carbons (Fsp3) is 0.674. The van der Waals surface area contributed by atoms with Crippen LogP contribution in [0.4, 0.5) is 0 Å². The van der Waals surface area contributed by atoms with E-state index in [0.717, 1.165) is 62.6 Å². The predicted molar refractivity (Wildman–Crippen MR) is 220 cm³/mol. The quantitative estimate of drug-likeness (QED) is 0.0868. The van der Waals surface area contributed by atoms with E-state index in [1.165, 1.54) is 18.4 Å². The lowest BCUT2D eigenvalue weighted by Crippen LogP contribution is -2.58. The van der Waals surface area contributed by atoms with Crippen molar-refractivity contribution >= 4 is 46.9 Å². The SMILES string of the molecule is C=C(OC(=NC)C12CCC3C(CCC4C(C)(CCC(C)OC(=CCC)CC(C)(C)C=O)C(C)CCC34C)C1=C(C(C)C)C(=O)C2)c1ccc(Cl)cc1Cl. The average Bonchev–Trinajstić information content (AvgIpc) is 3.41. The van der Waals surface area contributed by atoms with Crippen molar-refractivity contribution in [3.05, 3.63) is 63.4 Å². The average molecular weight is 767 g/mol. The van der Waals surface area contributed by atoms with E-state index >= 15 is 0 Å². The first kappa shape index (κ1) is 41.8. The summed E-state index contributed by atoms with van der Waals surface area (Å²) in [6.07, 6.45) is 13.8. The molecular weight excluding hydrogens is 701 g/mol. The van der Waals surface area contributed by atoms with Crippen LogP contribution in [0.15, 0.2) is 52.8 Å². The zero-order valence-electron chi connectivity index (χ0n) is 34.2. The van der Waals surface area contributed by atoms with Gasteiger partial charge in [0.05, 0.1) is 22.3 Å². The lowest BCUT2D eigenvalue weighted by molar-refractivity contribution is -0.138. The molecule has 0 saturated heterocycles. The molecule has 3 fully saturated rings. The third-order valence-electron chi connectivity index (χ3n) is 14.2. The van der Waals surface area contributed by atoms with Crippen LogP contribution in [0.1, 0.15) is 139 Å². The van der Waals surface area contributed by atoms with Crippen LogP contribution in [0.3, 0.4) is 0 Å². The summed E-state index contributed by atoms with van der Waals surface area (Å²) in [7, 11) is 1.78. The summed E-state index contributed by atoms with van der Waals surface area (Å²) >= 11 is 12.8. The minimum absolute atomic E-state index is 0.0756. The Morgan fingerprint density at radius 1 is 1.11 bits per heavy atom. The van der Waals surface area contributed by atoms with Gasteiger partial charge in [0.2, 0.25) is 5.90 Å². The van der Waals surface area contributed by atoms with E-state index in [4.69, 9.17) is 37.7 Å². The third-order valence-corrected chi connectivity index (χ3v) is 14.8. The van der Waals surface area contributed by atoms with Crippen molar-refractivity contribution in [1.82, 2.24) is 0 Å². The standard InChI is InChI=1S/C46H65Cl2NO4/c1-12-13-33(25-43(7,8)27-50)52-30(5)19-22-44(9)29(4)18-21-45(10)36-20-23-46(42(49-11)53-31(6)34-15-14-32(47)24-37(34)48)26-38(51)40(28(2)3)41(46)35(36)16-17-39(44)45/h13-15,24,27-30,35-36,39H,6,12,16-23,25-26H2,1-5,7-11H3. The van der Waals surface area contributed by atoms with Gasteiger partial charge < -0.3 is 14.3 Å². The molecule has 53 heavy (non-hydrogen) atoms. The van der Waals surface area contributed by atoms with E-state index in [9.17, 15) is 9.59 Å². The smallest absolute Gasteiger partial charge is 0.200 e. The van der Waals surface area contributed by atoms with Crippen LogP contribution in [-0.2, 0) is 19.1 Å². The molecule has 8 atom stereocenters. The summed E-state index contributed by atoms with van der Waals surface area (Å²) in [5.74, 6) is 4.31. The van der Waals surface area contributed by atoms with Gasteiger partial charge in [0.25, 0.3) is 0 Å². The van der Waals surface area contributed by atoms with E-state index in [2.05, 4.69) is 61.1 Å². The maximum atomic E-state index is 14.1. The number of hydrogen-bond donors (Lipinski definition) is 0. The molecule has 292 valence electrons. The Morgan fingerprint density at radius 2 is 1.83 bits per heavy atom. The number of ketones is 1. The van der Waals surface area contributed by atoms with Crippen LogP contribution in [-0.4, -0.2) is 31.1 Å². The van der Waals surface area contributed by atoms with Crippen LogP contribution in [0.5, 0.6) is 0 Å². The Morgan fingerprint density at radius 3 is 2.45 bits per heavy atom. The fourth-order valence-corrected chi connectivity index (χ4v) is 12.0. The van der Waals surface area contributed by atoms with E-state index in [0.29, 0.717) is 63.8 Å². The molecule has 4 aliphatic carbocycles. The number of carbonyl (C=O) groups is 2. The van der Waals surface area contributed by atoms with Gasteiger partial charge >= 0.3 is 0 Å². The first-order valence-corrected chi connectivity index (χ1v) is 21.0. The van der Waals surface area contributed by atoms with Gasteiger partial charge in [-0.1, -0.05) is 85.2 Å². The number of nitrogens with zero attached hydrogens (tertiary/aromatic N) is 1. The van der Waals surface area contributed by atoms with Crippen molar-refractivity contribution in [1.29, 1.82) is 0 Å². The summed E-state index contributed by atoms with van der Waals surface area (Å²) in [6, 6.07) is 5.31. The van der Waals surface area contributed by atoms with E-state index in [1.54, 1.807) is 19.2 Å². The fourth-order valence-electron chi connectivity index (χ4n) is 11.5. The van der Waals surface area contributed by atoms with Crippen molar-refractivity contribution in [2.24, 2.45) is 56.2 Å². The van der Waals surface area contributed by atoms with Gasteiger partial charge in [-0.3, -0.25) is 9.79 Å². The van der Waals surface area contributed by atoms with Crippen molar-refractivity contribution in [3.63, 3.8) is 0 Å². The Balaban J connectivity index is 1.42. The Hall–Kier alpha value is -2.37. The first-order chi connectivity index (χ1) is 24.9. The summed E-state index contributed by atoms with van der Waals surface area (Å²) in [4.78, 5) is 30.6. The molecule has 0 bridgehead atoms. The van der Waals surface area contributed by atoms with Crippen LogP contribution >= 0.6 is 23.2 Å². The normalized spacial score (nSPS) is 32.6. The monoisotopic (exact) mass is 765 g/mol. The Bertz CT molecular complexity index is 1670. The zero-order valence-corrected chi connectivity index (χ0v) is 35.7. The van der Waals surface area contributed by atoms with Crippen LogP contribution in [0.2, 0.25) is 10.0 Å². The van der Waals surface area contributed by atoms with Gasteiger partial charge in [-0.25, -0.2) is 0 Å². The zero-order chi connectivity index (χ0) is 39.1. The lowest BCUT2D eigenvalue weighted by atomic mass is 9.40. The summed E-state index contributed by atoms with van der Waals surface area (Å²) in [5, 5.41) is 1.02. The number of aliphatic imine (C=N–C) groups is 1. The molecule has 1 aromatic rings. The van der Waals surface area contributed by atoms with Gasteiger partial charge in [-0.15, -0.1) is 0 Å². The maximum absolute atomic E-state index is 14.1. The molecule has 3 saturated carbocycles. The molecule has 4 aliphatic rings. The molecule has 0 aromatic heterocycles. The predicted octanol–water partition coefficient (Wildman–Crippen LogP) is 12.9. The number of benzene rings is 1. The number of allylic oxidation sites excluding steroid dienone is 3. The highest BCUT2D eigenvalue weighted by atomic mass is 35.5. The van der Waals surface area contributed by atoms with Crippen molar-refractivity contribution in [3.8, 4) is 0 Å². The molecular formula is C46H65Cl2NO4. The third kappa shape index (κ3) is 7.87. The largest absolute Gasteiger partial charge is 0.495 e. The molecule has 5 rings (SSSR count). The number of carbonyl (C=O) groups excluding carboxylic acids is 2. The topological polar surface area (TPSA) is 65.0 Å². The molecule has 0 amide bonds. The molecule has 7 heteroatoms. The number of rotatable bonds is 13. The Labute approximate surface area is 330 Å². The second kappa shape index (κ2) is 16.0. The minimum atomic E-state index is -0.572. The molecule has 0 N–H and O–H groups in total. The molecule has 0 spiro atoms. The second-order valence-corrected chi connectivity index (χ2v) is 19.3. The number of fused-ring (bicyclic) bond motifs is 5. The van der Waals surface area contributed by atoms with E-state index in [-0.39, 0.29) is 28.6 Å². The van der Waals surface area contributed by atoms with Gasteiger partial charge in [-0.2, -0.15) is 0 Å². The maximum Gasteiger partial charge on any atom is 0.200 e. The number of Topliss-reactive ketones (excluding diaryl/α,β-unsaturated/α-hetero) is 1.